The number of alkyl halides is 2. The zero-order valence-corrected chi connectivity index (χ0v) is 10.0. The summed E-state index contributed by atoms with van der Waals surface area (Å²) in [5, 5.41) is 9.23. The summed E-state index contributed by atoms with van der Waals surface area (Å²) in [5.74, 6) is -0.727. The van der Waals surface area contributed by atoms with Crippen molar-refractivity contribution in [2.45, 2.75) is 38.4 Å². The molecule has 2 heterocycles. The van der Waals surface area contributed by atoms with Crippen molar-refractivity contribution in [2.24, 2.45) is 0 Å². The lowest BCUT2D eigenvalue weighted by Gasteiger charge is -2.30. The first-order valence-corrected chi connectivity index (χ1v) is 5.73. The molecule has 1 fully saturated rings. The molecule has 1 unspecified atom stereocenters. The van der Waals surface area contributed by atoms with Crippen molar-refractivity contribution < 1.29 is 18.7 Å². The van der Waals surface area contributed by atoms with Crippen molar-refractivity contribution in [1.29, 1.82) is 0 Å². The van der Waals surface area contributed by atoms with Crippen LogP contribution in [0.1, 0.15) is 32.1 Å². The smallest absolute Gasteiger partial charge is 0.323 e. The summed E-state index contributed by atoms with van der Waals surface area (Å²) in [7, 11) is 0. The molecule has 0 amide bonds. The summed E-state index contributed by atoms with van der Waals surface area (Å²) in [6, 6.07) is 0. The van der Waals surface area contributed by atoms with Gasteiger partial charge in [-0.15, -0.1) is 0 Å². The summed E-state index contributed by atoms with van der Waals surface area (Å²) in [5.41, 5.74) is -0.987. The van der Waals surface area contributed by atoms with Gasteiger partial charge in [0.05, 0.1) is 6.54 Å². The molecule has 1 aromatic rings. The standard InChI is InChI=1S/C11H15F2N3O2/c1-11(9(17)18)3-2-5-15(11)7-8-14-4-6-16(8)10(12)13/h4,6,10H,2-3,5,7H2,1H3,(H,17,18). The molecule has 0 bridgehead atoms. The highest BCUT2D eigenvalue weighted by Gasteiger charge is 2.43. The van der Waals surface area contributed by atoms with Crippen LogP contribution < -0.4 is 0 Å². The number of aliphatic carboxylic acids is 1. The molecule has 0 saturated carbocycles. The topological polar surface area (TPSA) is 58.4 Å². The molecule has 7 heteroatoms. The molecular formula is C11H15F2N3O2. The van der Waals surface area contributed by atoms with Crippen LogP contribution in [0.4, 0.5) is 8.78 Å². The van der Waals surface area contributed by atoms with Crippen LogP contribution >= 0.6 is 0 Å². The molecule has 0 radical (unpaired) electrons. The third-order valence-corrected chi connectivity index (χ3v) is 3.54. The lowest BCUT2D eigenvalue weighted by atomic mass is 9.99. The van der Waals surface area contributed by atoms with E-state index < -0.39 is 18.1 Å². The number of aromatic nitrogens is 2. The van der Waals surface area contributed by atoms with Crippen LogP contribution in [-0.4, -0.2) is 37.6 Å². The van der Waals surface area contributed by atoms with E-state index in [9.17, 15) is 18.7 Å². The van der Waals surface area contributed by atoms with E-state index in [2.05, 4.69) is 4.98 Å². The van der Waals surface area contributed by atoms with E-state index in [1.54, 1.807) is 11.8 Å². The third kappa shape index (κ3) is 2.10. The summed E-state index contributed by atoms with van der Waals surface area (Å²) >= 11 is 0. The number of hydrogen-bond acceptors (Lipinski definition) is 3. The van der Waals surface area contributed by atoms with Gasteiger partial charge in [0.25, 0.3) is 0 Å². The van der Waals surface area contributed by atoms with E-state index in [0.29, 0.717) is 13.0 Å². The highest BCUT2D eigenvalue weighted by Crippen LogP contribution is 2.30. The predicted octanol–water partition coefficient (Wildman–Crippen LogP) is 1.72. The first-order chi connectivity index (χ1) is 8.45. The molecule has 1 N–H and O–H groups in total. The Morgan fingerprint density at radius 1 is 1.67 bits per heavy atom. The SMILES string of the molecule is CC1(C(=O)O)CCCN1Cc1nccn1C(F)F. The molecule has 1 aromatic heterocycles. The number of likely N-dealkylation sites (tertiary alicyclic amines) is 1. The molecular weight excluding hydrogens is 244 g/mol. The van der Waals surface area contributed by atoms with Crippen LogP contribution in [0.15, 0.2) is 12.4 Å². The molecule has 0 aliphatic carbocycles. The minimum atomic E-state index is -2.65. The average molecular weight is 259 g/mol. The minimum absolute atomic E-state index is 0.125. The average Bonchev–Trinajstić information content (AvgIpc) is 2.88. The fourth-order valence-electron chi connectivity index (χ4n) is 2.33. The van der Waals surface area contributed by atoms with Gasteiger partial charge < -0.3 is 5.11 Å². The molecule has 1 aliphatic rings. The maximum atomic E-state index is 12.7. The van der Waals surface area contributed by atoms with Gasteiger partial charge in [0.1, 0.15) is 11.4 Å². The van der Waals surface area contributed by atoms with Crippen LogP contribution in [0.5, 0.6) is 0 Å². The molecule has 0 spiro atoms. The van der Waals surface area contributed by atoms with Crippen LogP contribution in [0.2, 0.25) is 0 Å². The number of halogens is 2. The van der Waals surface area contributed by atoms with Crippen LogP contribution in [0.3, 0.4) is 0 Å². The maximum Gasteiger partial charge on any atom is 0.323 e. The van der Waals surface area contributed by atoms with Gasteiger partial charge in [-0.3, -0.25) is 14.3 Å². The zero-order valence-electron chi connectivity index (χ0n) is 10.0. The Kier molecular flexibility index (Phi) is 3.34. The van der Waals surface area contributed by atoms with Crippen LogP contribution in [-0.2, 0) is 11.3 Å². The van der Waals surface area contributed by atoms with Crippen molar-refractivity contribution >= 4 is 5.97 Å². The fraction of sp³-hybridized carbons (Fsp3) is 0.636. The van der Waals surface area contributed by atoms with Gasteiger partial charge in [0, 0.05) is 12.4 Å². The van der Waals surface area contributed by atoms with E-state index in [-0.39, 0.29) is 12.4 Å². The molecule has 18 heavy (non-hydrogen) atoms. The van der Waals surface area contributed by atoms with E-state index in [1.807, 2.05) is 0 Å². The van der Waals surface area contributed by atoms with Gasteiger partial charge in [-0.1, -0.05) is 0 Å². The van der Waals surface area contributed by atoms with Gasteiger partial charge in [0.2, 0.25) is 0 Å². The van der Waals surface area contributed by atoms with Crippen molar-refractivity contribution in [3.8, 4) is 0 Å². The highest BCUT2D eigenvalue weighted by molar-refractivity contribution is 5.78. The second-order valence-electron chi connectivity index (χ2n) is 4.63. The Bertz CT molecular complexity index is 449. The zero-order chi connectivity index (χ0) is 13.3. The summed E-state index contributed by atoms with van der Waals surface area (Å²) in [6.07, 6.45) is 3.78. The Hall–Kier alpha value is -1.50. The Balaban J connectivity index is 2.18. The molecule has 100 valence electrons. The first kappa shape index (κ1) is 12.9. The minimum Gasteiger partial charge on any atom is -0.480 e. The number of hydrogen-bond donors (Lipinski definition) is 1. The molecule has 1 saturated heterocycles. The number of nitrogens with zero attached hydrogens (tertiary/aromatic N) is 3. The molecule has 2 rings (SSSR count). The first-order valence-electron chi connectivity index (χ1n) is 5.73. The highest BCUT2D eigenvalue weighted by atomic mass is 19.3. The summed E-state index contributed by atoms with van der Waals surface area (Å²) < 4.78 is 26.1. The van der Waals surface area contributed by atoms with Crippen molar-refractivity contribution in [3.63, 3.8) is 0 Å². The van der Waals surface area contributed by atoms with Gasteiger partial charge >= 0.3 is 12.5 Å². The molecule has 1 atom stereocenters. The second kappa shape index (κ2) is 4.64. The second-order valence-corrected chi connectivity index (χ2v) is 4.63. The number of carboxylic acid groups (broad SMARTS) is 1. The quantitative estimate of drug-likeness (QED) is 0.894. The summed E-state index contributed by atoms with van der Waals surface area (Å²) in [4.78, 5) is 16.8. The Morgan fingerprint density at radius 2 is 2.39 bits per heavy atom. The Labute approximate surface area is 103 Å². The van der Waals surface area contributed by atoms with E-state index in [4.69, 9.17) is 0 Å². The fourth-order valence-corrected chi connectivity index (χ4v) is 2.33. The lowest BCUT2D eigenvalue weighted by Crippen LogP contribution is -2.47. The normalized spacial score (nSPS) is 24.9. The Morgan fingerprint density at radius 3 is 3.00 bits per heavy atom. The number of carbonyl (C=O) groups is 1. The van der Waals surface area contributed by atoms with Gasteiger partial charge in [-0.05, 0) is 26.3 Å². The van der Waals surface area contributed by atoms with Crippen LogP contribution in [0, 0.1) is 0 Å². The molecule has 0 aromatic carbocycles. The molecule has 1 aliphatic heterocycles. The monoisotopic (exact) mass is 259 g/mol. The van der Waals surface area contributed by atoms with Gasteiger partial charge in [-0.25, -0.2) is 4.98 Å². The number of rotatable bonds is 4. The van der Waals surface area contributed by atoms with Gasteiger partial charge in [0.15, 0.2) is 0 Å². The van der Waals surface area contributed by atoms with Crippen molar-refractivity contribution in [1.82, 2.24) is 14.5 Å². The van der Waals surface area contributed by atoms with Crippen LogP contribution in [0.25, 0.3) is 0 Å². The third-order valence-electron chi connectivity index (χ3n) is 3.54. The summed E-state index contributed by atoms with van der Waals surface area (Å²) in [6.45, 7) is -0.321. The van der Waals surface area contributed by atoms with E-state index >= 15 is 0 Å². The van der Waals surface area contributed by atoms with Gasteiger partial charge in [-0.2, -0.15) is 8.78 Å². The number of carboxylic acids is 1. The number of imidazole rings is 1. The van der Waals surface area contributed by atoms with Crippen molar-refractivity contribution in [3.05, 3.63) is 18.2 Å². The molecule has 5 nitrogen and oxygen atoms in total. The maximum absolute atomic E-state index is 12.7. The van der Waals surface area contributed by atoms with Crippen molar-refractivity contribution in [2.75, 3.05) is 6.54 Å². The van der Waals surface area contributed by atoms with E-state index in [0.717, 1.165) is 11.0 Å². The lowest BCUT2D eigenvalue weighted by molar-refractivity contribution is -0.149. The largest absolute Gasteiger partial charge is 0.480 e. The van der Waals surface area contributed by atoms with E-state index in [1.165, 1.54) is 12.4 Å². The predicted molar refractivity (Wildman–Crippen MR) is 59.2 cm³/mol.